The lowest BCUT2D eigenvalue weighted by Crippen LogP contribution is -2.19. The largest absolute Gasteiger partial charge is 0.492 e. The quantitative estimate of drug-likeness (QED) is 0.789. The third-order valence-corrected chi connectivity index (χ3v) is 3.33. The van der Waals surface area contributed by atoms with Crippen LogP contribution in [0.5, 0.6) is 5.75 Å². The van der Waals surface area contributed by atoms with Crippen LogP contribution >= 0.6 is 0 Å². The SMILES string of the molecule is CCc1cccc(-c2ccc(OCCN(C)C)cc2)c1. The van der Waals surface area contributed by atoms with Crippen LogP contribution in [0.4, 0.5) is 0 Å². The van der Waals surface area contributed by atoms with Gasteiger partial charge in [-0.15, -0.1) is 0 Å². The molecule has 2 aromatic rings. The maximum Gasteiger partial charge on any atom is 0.119 e. The Balaban J connectivity index is 2.03. The number of nitrogens with zero attached hydrogens (tertiary/aromatic N) is 1. The van der Waals surface area contributed by atoms with Gasteiger partial charge < -0.3 is 9.64 Å². The van der Waals surface area contributed by atoms with E-state index in [0.717, 1.165) is 25.3 Å². The lowest BCUT2D eigenvalue weighted by Gasteiger charge is -2.11. The molecule has 0 aromatic heterocycles. The van der Waals surface area contributed by atoms with Gasteiger partial charge in [-0.3, -0.25) is 0 Å². The van der Waals surface area contributed by atoms with Gasteiger partial charge in [0.05, 0.1) is 0 Å². The van der Waals surface area contributed by atoms with Crippen molar-refractivity contribution >= 4 is 0 Å². The molecule has 0 saturated heterocycles. The summed E-state index contributed by atoms with van der Waals surface area (Å²) in [7, 11) is 4.10. The van der Waals surface area contributed by atoms with Gasteiger partial charge in [0, 0.05) is 6.54 Å². The molecule has 0 aliphatic heterocycles. The maximum atomic E-state index is 5.71. The first-order valence-electron chi connectivity index (χ1n) is 7.16. The van der Waals surface area contributed by atoms with E-state index in [1.54, 1.807) is 0 Å². The van der Waals surface area contributed by atoms with Crippen molar-refractivity contribution in [2.45, 2.75) is 13.3 Å². The van der Waals surface area contributed by atoms with Crippen LogP contribution in [0.15, 0.2) is 48.5 Å². The van der Waals surface area contributed by atoms with Gasteiger partial charge >= 0.3 is 0 Å². The summed E-state index contributed by atoms with van der Waals surface area (Å²) in [6.07, 6.45) is 1.07. The highest BCUT2D eigenvalue weighted by molar-refractivity contribution is 5.64. The Kier molecular flexibility index (Phi) is 5.19. The van der Waals surface area contributed by atoms with Gasteiger partial charge in [0.25, 0.3) is 0 Å². The number of ether oxygens (including phenoxy) is 1. The van der Waals surface area contributed by atoms with Crippen molar-refractivity contribution in [3.8, 4) is 16.9 Å². The van der Waals surface area contributed by atoms with Gasteiger partial charge in [-0.25, -0.2) is 0 Å². The van der Waals surface area contributed by atoms with Crippen LogP contribution < -0.4 is 4.74 Å². The van der Waals surface area contributed by atoms with Gasteiger partial charge in [-0.1, -0.05) is 43.3 Å². The minimum atomic E-state index is 0.720. The van der Waals surface area contributed by atoms with Crippen molar-refractivity contribution in [3.63, 3.8) is 0 Å². The van der Waals surface area contributed by atoms with E-state index in [1.165, 1.54) is 16.7 Å². The highest BCUT2D eigenvalue weighted by Crippen LogP contribution is 2.23. The van der Waals surface area contributed by atoms with Crippen molar-refractivity contribution in [1.29, 1.82) is 0 Å². The van der Waals surface area contributed by atoms with E-state index in [9.17, 15) is 0 Å². The van der Waals surface area contributed by atoms with E-state index in [0.29, 0.717) is 0 Å². The first-order valence-corrected chi connectivity index (χ1v) is 7.16. The fraction of sp³-hybridized carbons (Fsp3) is 0.333. The molecule has 0 saturated carbocycles. The van der Waals surface area contributed by atoms with Gasteiger partial charge in [0.15, 0.2) is 0 Å². The molecule has 2 aromatic carbocycles. The predicted molar refractivity (Wildman–Crippen MR) is 85.3 cm³/mol. The average molecular weight is 269 g/mol. The molecule has 0 unspecified atom stereocenters. The Labute approximate surface area is 122 Å². The molecule has 0 bridgehead atoms. The number of hydrogen-bond acceptors (Lipinski definition) is 2. The molecule has 2 heteroatoms. The maximum absolute atomic E-state index is 5.71. The van der Waals surface area contributed by atoms with E-state index in [1.807, 2.05) is 26.2 Å². The Hall–Kier alpha value is -1.80. The van der Waals surface area contributed by atoms with Crippen molar-refractivity contribution in [2.75, 3.05) is 27.2 Å². The lowest BCUT2D eigenvalue weighted by atomic mass is 10.0. The van der Waals surface area contributed by atoms with Crippen molar-refractivity contribution in [1.82, 2.24) is 4.90 Å². The van der Waals surface area contributed by atoms with Crippen LogP contribution in [0, 0.1) is 0 Å². The second-order valence-electron chi connectivity index (χ2n) is 5.23. The molecule has 2 rings (SSSR count). The van der Waals surface area contributed by atoms with Crippen LogP contribution in [0.25, 0.3) is 11.1 Å². The Morgan fingerprint density at radius 3 is 2.35 bits per heavy atom. The van der Waals surface area contributed by atoms with E-state index in [4.69, 9.17) is 4.74 Å². The summed E-state index contributed by atoms with van der Waals surface area (Å²) < 4.78 is 5.71. The molecule has 0 amide bonds. The summed E-state index contributed by atoms with van der Waals surface area (Å²) in [5.74, 6) is 0.933. The first-order chi connectivity index (χ1) is 9.69. The molecule has 0 radical (unpaired) electrons. The third-order valence-electron chi connectivity index (χ3n) is 3.33. The zero-order valence-corrected chi connectivity index (χ0v) is 12.6. The minimum absolute atomic E-state index is 0.720. The van der Waals surface area contributed by atoms with E-state index in [-0.39, 0.29) is 0 Å². The molecule has 106 valence electrons. The van der Waals surface area contributed by atoms with E-state index >= 15 is 0 Å². The van der Waals surface area contributed by atoms with Crippen molar-refractivity contribution < 1.29 is 4.74 Å². The molecule has 0 heterocycles. The predicted octanol–water partition coefficient (Wildman–Crippen LogP) is 3.86. The molecular weight excluding hydrogens is 246 g/mol. The first kappa shape index (κ1) is 14.6. The number of hydrogen-bond donors (Lipinski definition) is 0. The minimum Gasteiger partial charge on any atom is -0.492 e. The summed E-state index contributed by atoms with van der Waals surface area (Å²) in [5, 5.41) is 0. The Bertz CT molecular complexity index is 531. The van der Waals surface area contributed by atoms with Crippen LogP contribution in [0.2, 0.25) is 0 Å². The van der Waals surface area contributed by atoms with Gasteiger partial charge in [-0.05, 0) is 49.3 Å². The number of benzene rings is 2. The number of aryl methyl sites for hydroxylation is 1. The highest BCUT2D eigenvalue weighted by Gasteiger charge is 2.00. The zero-order chi connectivity index (χ0) is 14.4. The fourth-order valence-corrected chi connectivity index (χ4v) is 2.06. The average Bonchev–Trinajstić information content (AvgIpc) is 2.48. The van der Waals surface area contributed by atoms with Crippen LogP contribution in [-0.4, -0.2) is 32.1 Å². The smallest absolute Gasteiger partial charge is 0.119 e. The van der Waals surface area contributed by atoms with E-state index < -0.39 is 0 Å². The summed E-state index contributed by atoms with van der Waals surface area (Å²) >= 11 is 0. The van der Waals surface area contributed by atoms with Crippen LogP contribution in [0.1, 0.15) is 12.5 Å². The summed E-state index contributed by atoms with van der Waals surface area (Å²) in [6, 6.07) is 17.0. The normalized spacial score (nSPS) is 10.8. The second-order valence-corrected chi connectivity index (χ2v) is 5.23. The number of likely N-dealkylation sites (N-methyl/N-ethyl adjacent to an activating group) is 1. The summed E-state index contributed by atoms with van der Waals surface area (Å²) in [5.41, 5.74) is 3.87. The van der Waals surface area contributed by atoms with Gasteiger partial charge in [0.1, 0.15) is 12.4 Å². The Morgan fingerprint density at radius 1 is 0.950 bits per heavy atom. The molecular formula is C18H23NO. The lowest BCUT2D eigenvalue weighted by molar-refractivity contribution is 0.261. The molecule has 0 N–H and O–H groups in total. The zero-order valence-electron chi connectivity index (χ0n) is 12.6. The molecule has 0 aliphatic rings. The van der Waals surface area contributed by atoms with Crippen LogP contribution in [0.3, 0.4) is 0 Å². The molecule has 0 spiro atoms. The van der Waals surface area contributed by atoms with E-state index in [2.05, 4.69) is 48.2 Å². The molecule has 0 aliphatic carbocycles. The fourth-order valence-electron chi connectivity index (χ4n) is 2.06. The third kappa shape index (κ3) is 4.10. The standard InChI is InChI=1S/C18H23NO/c1-4-15-6-5-7-17(14-15)16-8-10-18(11-9-16)20-13-12-19(2)3/h5-11,14H,4,12-13H2,1-3H3. The molecule has 20 heavy (non-hydrogen) atoms. The molecule has 2 nitrogen and oxygen atoms in total. The monoisotopic (exact) mass is 269 g/mol. The summed E-state index contributed by atoms with van der Waals surface area (Å²) in [4.78, 5) is 2.12. The highest BCUT2D eigenvalue weighted by atomic mass is 16.5. The van der Waals surface area contributed by atoms with Crippen LogP contribution in [-0.2, 0) is 6.42 Å². The van der Waals surface area contributed by atoms with Gasteiger partial charge in [-0.2, -0.15) is 0 Å². The van der Waals surface area contributed by atoms with Gasteiger partial charge in [0.2, 0.25) is 0 Å². The number of rotatable bonds is 6. The second kappa shape index (κ2) is 7.11. The van der Waals surface area contributed by atoms with Crippen molar-refractivity contribution in [2.24, 2.45) is 0 Å². The molecule has 0 fully saturated rings. The molecule has 0 atom stereocenters. The Morgan fingerprint density at radius 2 is 1.70 bits per heavy atom. The van der Waals surface area contributed by atoms with Crippen molar-refractivity contribution in [3.05, 3.63) is 54.1 Å². The topological polar surface area (TPSA) is 12.5 Å². The summed E-state index contributed by atoms with van der Waals surface area (Å²) in [6.45, 7) is 3.83.